The first kappa shape index (κ1) is 23.6. The van der Waals surface area contributed by atoms with Crippen molar-refractivity contribution in [2.45, 2.75) is 18.4 Å². The number of thioether (sulfide) groups is 1. The Balaban J connectivity index is 1.73. The molecule has 2 aromatic rings. The number of furan rings is 1. The van der Waals surface area contributed by atoms with E-state index in [1.807, 2.05) is 31.1 Å². The van der Waals surface area contributed by atoms with Crippen LogP contribution in [0.4, 0.5) is 0 Å². The van der Waals surface area contributed by atoms with Gasteiger partial charge in [0.2, 0.25) is 0 Å². The van der Waals surface area contributed by atoms with Crippen LogP contribution >= 0.6 is 11.8 Å². The Bertz CT molecular complexity index is 823. The lowest BCUT2D eigenvalue weighted by Crippen LogP contribution is -2.31. The number of nitrogens with zero attached hydrogens (tertiary/aromatic N) is 2. The van der Waals surface area contributed by atoms with Crippen LogP contribution in [0.1, 0.15) is 23.2 Å². The molecule has 1 heterocycles. The summed E-state index contributed by atoms with van der Waals surface area (Å²) in [5.74, 6) is 3.59. The zero-order valence-electron chi connectivity index (χ0n) is 17.1. The highest BCUT2D eigenvalue weighted by atomic mass is 32.2. The third-order valence-electron chi connectivity index (χ3n) is 3.99. The number of phenols is 1. The predicted molar refractivity (Wildman–Crippen MR) is 116 cm³/mol. The minimum absolute atomic E-state index is 0.0889. The minimum Gasteiger partial charge on any atom is -0.508 e. The predicted octanol–water partition coefficient (Wildman–Crippen LogP) is 2.27. The lowest BCUT2D eigenvalue weighted by Gasteiger charge is -2.15. The highest BCUT2D eigenvalue weighted by Crippen LogP contribution is 2.17. The number of benzene rings is 1. The van der Waals surface area contributed by atoms with Crippen molar-refractivity contribution in [2.24, 2.45) is 0 Å². The molecule has 10 heteroatoms. The van der Waals surface area contributed by atoms with Gasteiger partial charge < -0.3 is 30.2 Å². The van der Waals surface area contributed by atoms with Gasteiger partial charge in [0, 0.05) is 18.8 Å². The first-order valence-electron chi connectivity index (χ1n) is 9.43. The van der Waals surface area contributed by atoms with Crippen molar-refractivity contribution in [1.29, 1.82) is 0 Å². The maximum atomic E-state index is 10.9. The molecule has 1 aromatic heterocycles. The van der Waals surface area contributed by atoms with Crippen molar-refractivity contribution in [2.75, 3.05) is 32.9 Å². The van der Waals surface area contributed by atoms with Gasteiger partial charge in [-0.05, 0) is 43.9 Å². The van der Waals surface area contributed by atoms with E-state index in [4.69, 9.17) is 4.42 Å². The van der Waals surface area contributed by atoms with Gasteiger partial charge in [-0.2, -0.15) is 11.8 Å². The van der Waals surface area contributed by atoms with Crippen molar-refractivity contribution >= 4 is 11.8 Å². The van der Waals surface area contributed by atoms with Crippen LogP contribution in [0.3, 0.4) is 0 Å². The summed E-state index contributed by atoms with van der Waals surface area (Å²) < 4.78 is 5.75. The van der Waals surface area contributed by atoms with Crippen molar-refractivity contribution in [3.8, 4) is 5.75 Å². The van der Waals surface area contributed by atoms with Crippen LogP contribution in [0, 0.1) is 10.1 Å². The van der Waals surface area contributed by atoms with E-state index in [0.717, 1.165) is 35.8 Å². The van der Waals surface area contributed by atoms with Crippen LogP contribution < -0.4 is 10.6 Å². The Morgan fingerprint density at radius 3 is 2.60 bits per heavy atom. The molecule has 164 valence electrons. The van der Waals surface area contributed by atoms with E-state index in [2.05, 4.69) is 10.6 Å². The number of phenolic OH excluding ortho intramolecular Hbond substituents is 1. The molecule has 4 N–H and O–H groups in total. The normalized spacial score (nSPS) is 12.7. The number of hydrogen-bond acceptors (Lipinski definition) is 9. The molecule has 1 aromatic carbocycles. The molecule has 0 aliphatic rings. The molecule has 2 rings (SSSR count). The standard InChI is InChI=1S/C20H28N4O5S/c1-23(2)12-17-7-8-18(29-17)14-30-10-9-21-20(13-24(27)28)22-11-19(26)15-3-5-16(25)6-4-15/h3-8,13,19,21-22,25-26H,9-12,14H2,1-2H3/t19-/m0/s1. The lowest BCUT2D eigenvalue weighted by atomic mass is 10.1. The summed E-state index contributed by atoms with van der Waals surface area (Å²) >= 11 is 1.65. The van der Waals surface area contributed by atoms with Gasteiger partial charge in [-0.3, -0.25) is 10.1 Å². The van der Waals surface area contributed by atoms with Gasteiger partial charge in [0.1, 0.15) is 17.3 Å². The fraction of sp³-hybridized carbons (Fsp3) is 0.400. The number of nitro groups is 1. The molecule has 0 fully saturated rings. The largest absolute Gasteiger partial charge is 0.508 e. The first-order valence-corrected chi connectivity index (χ1v) is 10.6. The van der Waals surface area contributed by atoms with E-state index in [-0.39, 0.29) is 18.1 Å². The van der Waals surface area contributed by atoms with Gasteiger partial charge in [0.15, 0.2) is 5.82 Å². The summed E-state index contributed by atoms with van der Waals surface area (Å²) in [5, 5.41) is 36.2. The third kappa shape index (κ3) is 8.76. The van der Waals surface area contributed by atoms with E-state index in [1.165, 1.54) is 12.1 Å². The van der Waals surface area contributed by atoms with Crippen LogP contribution in [-0.4, -0.2) is 53.0 Å². The van der Waals surface area contributed by atoms with Crippen LogP contribution in [0.25, 0.3) is 0 Å². The van der Waals surface area contributed by atoms with E-state index in [1.54, 1.807) is 23.9 Å². The smallest absolute Gasteiger partial charge is 0.274 e. The van der Waals surface area contributed by atoms with Crippen molar-refractivity contribution < 1.29 is 19.6 Å². The van der Waals surface area contributed by atoms with E-state index < -0.39 is 11.0 Å². The average molecular weight is 437 g/mol. The highest BCUT2D eigenvalue weighted by Gasteiger charge is 2.10. The van der Waals surface area contributed by atoms with Gasteiger partial charge in [0.05, 0.1) is 23.3 Å². The van der Waals surface area contributed by atoms with Crippen LogP contribution in [0.2, 0.25) is 0 Å². The molecule has 0 bridgehead atoms. The molecule has 0 aliphatic heterocycles. The number of aliphatic hydroxyl groups excluding tert-OH is 1. The van der Waals surface area contributed by atoms with E-state index in [9.17, 15) is 20.3 Å². The summed E-state index contributed by atoms with van der Waals surface area (Å²) in [7, 11) is 3.97. The SMILES string of the molecule is CN(C)Cc1ccc(CSCCNC(=C[N+](=O)[O-])NC[C@H](O)c2ccc(O)cc2)o1. The van der Waals surface area contributed by atoms with Gasteiger partial charge in [-0.1, -0.05) is 12.1 Å². The van der Waals surface area contributed by atoms with Crippen molar-refractivity contribution in [3.05, 3.63) is 75.6 Å². The Kier molecular flexibility index (Phi) is 9.52. The second-order valence-corrected chi connectivity index (χ2v) is 8.01. The zero-order chi connectivity index (χ0) is 21.9. The maximum Gasteiger partial charge on any atom is 0.274 e. The van der Waals surface area contributed by atoms with Gasteiger partial charge in [0.25, 0.3) is 6.20 Å². The van der Waals surface area contributed by atoms with Gasteiger partial charge in [-0.25, -0.2) is 0 Å². The fourth-order valence-corrected chi connectivity index (χ4v) is 3.35. The third-order valence-corrected chi connectivity index (χ3v) is 4.98. The molecule has 0 spiro atoms. The topological polar surface area (TPSA) is 124 Å². The Morgan fingerprint density at radius 1 is 1.23 bits per heavy atom. The number of hydrogen-bond donors (Lipinski definition) is 4. The fourth-order valence-electron chi connectivity index (χ4n) is 2.61. The zero-order valence-corrected chi connectivity index (χ0v) is 17.9. The molecule has 1 atom stereocenters. The number of rotatable bonds is 13. The first-order chi connectivity index (χ1) is 14.3. The second-order valence-electron chi connectivity index (χ2n) is 6.90. The quantitative estimate of drug-likeness (QED) is 0.213. The molecule has 0 saturated heterocycles. The summed E-state index contributed by atoms with van der Waals surface area (Å²) in [6, 6.07) is 10.1. The minimum atomic E-state index is -0.868. The monoisotopic (exact) mass is 436 g/mol. The number of nitrogens with one attached hydrogen (secondary N) is 2. The molecule has 0 unspecified atom stereocenters. The molecular formula is C20H28N4O5S. The average Bonchev–Trinajstić information content (AvgIpc) is 3.12. The van der Waals surface area contributed by atoms with Gasteiger partial charge in [-0.15, -0.1) is 0 Å². The Hall–Kier alpha value is -2.69. The Morgan fingerprint density at radius 2 is 1.93 bits per heavy atom. The maximum absolute atomic E-state index is 10.9. The number of aromatic hydroxyl groups is 1. The van der Waals surface area contributed by atoms with Crippen molar-refractivity contribution in [3.63, 3.8) is 0 Å². The van der Waals surface area contributed by atoms with Crippen molar-refractivity contribution in [1.82, 2.24) is 15.5 Å². The Labute approximate surface area is 179 Å². The number of aliphatic hydroxyl groups is 1. The molecular weight excluding hydrogens is 408 g/mol. The molecule has 9 nitrogen and oxygen atoms in total. The molecule has 0 aliphatic carbocycles. The summed E-state index contributed by atoms with van der Waals surface area (Å²) in [6.45, 7) is 1.35. The van der Waals surface area contributed by atoms with E-state index in [0.29, 0.717) is 12.1 Å². The van der Waals surface area contributed by atoms with Gasteiger partial charge >= 0.3 is 0 Å². The highest BCUT2D eigenvalue weighted by molar-refractivity contribution is 7.98. The van der Waals surface area contributed by atoms with Crippen LogP contribution in [-0.2, 0) is 12.3 Å². The molecule has 0 radical (unpaired) electrons. The molecule has 30 heavy (non-hydrogen) atoms. The summed E-state index contributed by atoms with van der Waals surface area (Å²) in [6.07, 6.45) is -0.0268. The second kappa shape index (κ2) is 12.1. The molecule has 0 saturated carbocycles. The summed E-state index contributed by atoms with van der Waals surface area (Å²) in [4.78, 5) is 12.3. The van der Waals surface area contributed by atoms with Crippen LogP contribution in [0.15, 0.2) is 52.8 Å². The van der Waals surface area contributed by atoms with Crippen LogP contribution in [0.5, 0.6) is 5.75 Å². The lowest BCUT2D eigenvalue weighted by molar-refractivity contribution is -0.404. The molecule has 0 amide bonds. The van der Waals surface area contributed by atoms with E-state index >= 15 is 0 Å². The summed E-state index contributed by atoms with van der Waals surface area (Å²) in [5.41, 5.74) is 0.600.